The Morgan fingerprint density at radius 2 is 1.80 bits per heavy atom. The molecule has 0 aliphatic heterocycles. The van der Waals surface area contributed by atoms with Crippen molar-refractivity contribution in [2.24, 2.45) is 0 Å². The van der Waals surface area contributed by atoms with E-state index in [4.69, 9.17) is 14.5 Å². The molecule has 0 spiro atoms. The van der Waals surface area contributed by atoms with Crippen molar-refractivity contribution in [3.8, 4) is 22.1 Å². The van der Waals surface area contributed by atoms with Crippen LogP contribution >= 0.6 is 11.3 Å². The number of nitrogens with one attached hydrogen (secondary N) is 1. The number of benzene rings is 2. The fraction of sp³-hybridized carbons (Fsp3) is 0.250. The van der Waals surface area contributed by atoms with Crippen LogP contribution in [-0.4, -0.2) is 19.2 Å². The summed E-state index contributed by atoms with van der Waals surface area (Å²) < 4.78 is 10.7. The van der Waals surface area contributed by atoms with Gasteiger partial charge in [0.2, 0.25) is 0 Å². The lowest BCUT2D eigenvalue weighted by Gasteiger charge is -2.13. The molecule has 0 amide bonds. The van der Waals surface area contributed by atoms with E-state index in [0.717, 1.165) is 28.6 Å². The summed E-state index contributed by atoms with van der Waals surface area (Å²) in [6.45, 7) is 2.90. The molecule has 3 aromatic rings. The standard InChI is InChI=1S/C20H22N2O2S/c1-14(15-7-5-4-6-8-15)21-12-17-13-25-20(22-17)16-9-10-18(23-2)19(11-16)24-3/h4-11,13-14,21H,12H2,1-3H3/t14-/m1/s1. The lowest BCUT2D eigenvalue weighted by Crippen LogP contribution is -2.18. The van der Waals surface area contributed by atoms with E-state index < -0.39 is 0 Å². The van der Waals surface area contributed by atoms with Crippen molar-refractivity contribution >= 4 is 11.3 Å². The second kappa shape index (κ2) is 8.14. The van der Waals surface area contributed by atoms with E-state index in [1.807, 2.05) is 24.3 Å². The van der Waals surface area contributed by atoms with Crippen molar-refractivity contribution in [1.82, 2.24) is 10.3 Å². The highest BCUT2D eigenvalue weighted by Gasteiger charge is 2.10. The molecule has 0 bridgehead atoms. The molecule has 4 nitrogen and oxygen atoms in total. The number of thiazole rings is 1. The first-order valence-corrected chi connectivity index (χ1v) is 9.04. The van der Waals surface area contributed by atoms with Gasteiger partial charge in [0.1, 0.15) is 5.01 Å². The van der Waals surface area contributed by atoms with Crippen molar-refractivity contribution < 1.29 is 9.47 Å². The van der Waals surface area contributed by atoms with Gasteiger partial charge in [0.25, 0.3) is 0 Å². The first kappa shape index (κ1) is 17.5. The van der Waals surface area contributed by atoms with Gasteiger partial charge in [0.15, 0.2) is 11.5 Å². The van der Waals surface area contributed by atoms with Crippen LogP contribution in [-0.2, 0) is 6.54 Å². The van der Waals surface area contributed by atoms with Crippen LogP contribution in [0.3, 0.4) is 0 Å². The third-order valence-corrected chi connectivity index (χ3v) is 5.01. The molecule has 0 saturated carbocycles. The van der Waals surface area contributed by atoms with Crippen LogP contribution in [0.1, 0.15) is 24.2 Å². The predicted octanol–water partition coefficient (Wildman–Crippen LogP) is 4.68. The summed E-state index contributed by atoms with van der Waals surface area (Å²) in [5, 5.41) is 6.59. The van der Waals surface area contributed by atoms with Gasteiger partial charge in [-0.25, -0.2) is 4.98 Å². The molecular formula is C20H22N2O2S. The minimum absolute atomic E-state index is 0.285. The zero-order chi connectivity index (χ0) is 17.6. The smallest absolute Gasteiger partial charge is 0.161 e. The normalized spacial score (nSPS) is 12.0. The Hall–Kier alpha value is -2.37. The molecule has 3 rings (SSSR count). The molecule has 25 heavy (non-hydrogen) atoms. The van der Waals surface area contributed by atoms with Crippen LogP contribution < -0.4 is 14.8 Å². The van der Waals surface area contributed by atoms with E-state index >= 15 is 0 Å². The number of hydrogen-bond donors (Lipinski definition) is 1. The molecule has 0 radical (unpaired) electrons. The summed E-state index contributed by atoms with van der Waals surface area (Å²) in [7, 11) is 3.28. The quantitative estimate of drug-likeness (QED) is 0.669. The molecule has 0 unspecified atom stereocenters. The van der Waals surface area contributed by atoms with E-state index in [-0.39, 0.29) is 6.04 Å². The minimum atomic E-state index is 0.285. The fourth-order valence-electron chi connectivity index (χ4n) is 2.61. The number of rotatable bonds is 7. The van der Waals surface area contributed by atoms with Gasteiger partial charge in [-0.15, -0.1) is 11.3 Å². The summed E-state index contributed by atoms with van der Waals surface area (Å²) in [5.74, 6) is 1.44. The molecule has 0 saturated heterocycles. The van der Waals surface area contributed by atoms with E-state index in [1.54, 1.807) is 25.6 Å². The topological polar surface area (TPSA) is 43.4 Å². The third-order valence-electron chi connectivity index (χ3n) is 4.07. The Bertz CT molecular complexity index is 818. The van der Waals surface area contributed by atoms with Gasteiger partial charge in [0.05, 0.1) is 19.9 Å². The Kier molecular flexibility index (Phi) is 5.68. The van der Waals surface area contributed by atoms with Crippen LogP contribution in [0.4, 0.5) is 0 Å². The Morgan fingerprint density at radius 1 is 1.04 bits per heavy atom. The largest absolute Gasteiger partial charge is 0.493 e. The van der Waals surface area contributed by atoms with Gasteiger partial charge in [-0.2, -0.15) is 0 Å². The van der Waals surface area contributed by atoms with Gasteiger partial charge in [0, 0.05) is 23.5 Å². The van der Waals surface area contributed by atoms with Gasteiger partial charge in [-0.1, -0.05) is 30.3 Å². The third kappa shape index (κ3) is 4.18. The maximum absolute atomic E-state index is 5.37. The Labute approximate surface area is 152 Å². The number of methoxy groups -OCH3 is 2. The van der Waals surface area contributed by atoms with Crippen LogP contribution in [0, 0.1) is 0 Å². The maximum Gasteiger partial charge on any atom is 0.161 e. The number of aromatic nitrogens is 1. The van der Waals surface area contributed by atoms with Gasteiger partial charge >= 0.3 is 0 Å². The summed E-state index contributed by atoms with van der Waals surface area (Å²) >= 11 is 1.64. The highest BCUT2D eigenvalue weighted by molar-refractivity contribution is 7.13. The predicted molar refractivity (Wildman–Crippen MR) is 102 cm³/mol. The second-order valence-corrected chi connectivity index (χ2v) is 6.59. The van der Waals surface area contributed by atoms with Crippen LogP contribution in [0.5, 0.6) is 11.5 Å². The molecular weight excluding hydrogens is 332 g/mol. The minimum Gasteiger partial charge on any atom is -0.493 e. The van der Waals surface area contributed by atoms with E-state index in [1.165, 1.54) is 5.56 Å². The Morgan fingerprint density at radius 3 is 2.52 bits per heavy atom. The monoisotopic (exact) mass is 354 g/mol. The summed E-state index contributed by atoms with van der Waals surface area (Å²) in [6.07, 6.45) is 0. The first-order chi connectivity index (χ1) is 12.2. The lowest BCUT2D eigenvalue weighted by molar-refractivity contribution is 0.355. The Balaban J connectivity index is 1.68. The van der Waals surface area contributed by atoms with E-state index in [9.17, 15) is 0 Å². The van der Waals surface area contributed by atoms with Crippen molar-refractivity contribution in [2.45, 2.75) is 19.5 Å². The molecule has 0 aliphatic rings. The first-order valence-electron chi connectivity index (χ1n) is 8.16. The summed E-state index contributed by atoms with van der Waals surface area (Å²) in [6, 6.07) is 16.6. The number of ether oxygens (including phenoxy) is 2. The van der Waals surface area contributed by atoms with Crippen molar-refractivity contribution in [2.75, 3.05) is 14.2 Å². The molecule has 1 N–H and O–H groups in total. The zero-order valence-corrected chi connectivity index (χ0v) is 15.5. The molecule has 130 valence electrons. The molecule has 1 atom stereocenters. The van der Waals surface area contributed by atoms with Crippen LogP contribution in [0.25, 0.3) is 10.6 Å². The van der Waals surface area contributed by atoms with Crippen LogP contribution in [0.2, 0.25) is 0 Å². The summed E-state index contributed by atoms with van der Waals surface area (Å²) in [4.78, 5) is 4.74. The molecule has 1 heterocycles. The highest BCUT2D eigenvalue weighted by Crippen LogP contribution is 2.33. The lowest BCUT2D eigenvalue weighted by atomic mass is 10.1. The second-order valence-electron chi connectivity index (χ2n) is 5.73. The molecule has 0 aliphatic carbocycles. The summed E-state index contributed by atoms with van der Waals surface area (Å²) in [5.41, 5.74) is 3.35. The van der Waals surface area contributed by atoms with Gasteiger partial charge in [-0.05, 0) is 30.7 Å². The maximum atomic E-state index is 5.37. The molecule has 5 heteroatoms. The van der Waals surface area contributed by atoms with E-state index in [2.05, 4.69) is 41.9 Å². The van der Waals surface area contributed by atoms with E-state index in [0.29, 0.717) is 5.75 Å². The van der Waals surface area contributed by atoms with Crippen molar-refractivity contribution in [1.29, 1.82) is 0 Å². The zero-order valence-electron chi connectivity index (χ0n) is 14.7. The van der Waals surface area contributed by atoms with Gasteiger partial charge in [-0.3, -0.25) is 0 Å². The molecule has 1 aromatic heterocycles. The van der Waals surface area contributed by atoms with Crippen molar-refractivity contribution in [3.63, 3.8) is 0 Å². The molecule has 2 aromatic carbocycles. The highest BCUT2D eigenvalue weighted by atomic mass is 32.1. The van der Waals surface area contributed by atoms with Gasteiger partial charge < -0.3 is 14.8 Å². The SMILES string of the molecule is COc1ccc(-c2nc(CN[C@H](C)c3ccccc3)cs2)cc1OC. The fourth-order valence-corrected chi connectivity index (χ4v) is 3.42. The average Bonchev–Trinajstić information content (AvgIpc) is 3.15. The number of nitrogens with zero attached hydrogens (tertiary/aromatic N) is 1. The number of hydrogen-bond acceptors (Lipinski definition) is 5. The molecule has 0 fully saturated rings. The van der Waals surface area contributed by atoms with Crippen molar-refractivity contribution in [3.05, 3.63) is 65.2 Å². The average molecular weight is 354 g/mol. The van der Waals surface area contributed by atoms with Crippen LogP contribution in [0.15, 0.2) is 53.9 Å².